The molecule has 0 radical (unpaired) electrons. The molecule has 102 valence electrons. The van der Waals surface area contributed by atoms with Gasteiger partial charge < -0.3 is 16.2 Å². The number of hydrogen-bond donors (Lipinski definition) is 3. The Morgan fingerprint density at radius 2 is 1.94 bits per heavy atom. The standard InChI is InChI=1S/C13H20N2O2.ClH/c1-9-3-5-11(6-4-9)12(16)8-15-13(17)7-10(2)14;/h3-6,10,12,16H,7-8,14H2,1-2H3,(H,15,17);1H. The summed E-state index contributed by atoms with van der Waals surface area (Å²) >= 11 is 0. The van der Waals surface area contributed by atoms with Crippen molar-refractivity contribution in [2.45, 2.75) is 32.4 Å². The summed E-state index contributed by atoms with van der Waals surface area (Å²) in [6.07, 6.45) is -0.395. The van der Waals surface area contributed by atoms with E-state index in [2.05, 4.69) is 5.32 Å². The highest BCUT2D eigenvalue weighted by atomic mass is 35.5. The first-order valence-electron chi connectivity index (χ1n) is 5.76. The largest absolute Gasteiger partial charge is 0.387 e. The minimum Gasteiger partial charge on any atom is -0.387 e. The summed E-state index contributed by atoms with van der Waals surface area (Å²) in [6.45, 7) is 3.98. The number of aliphatic hydroxyl groups is 1. The third-order valence-electron chi connectivity index (χ3n) is 2.46. The summed E-state index contributed by atoms with van der Waals surface area (Å²) in [5.74, 6) is -0.133. The maximum absolute atomic E-state index is 11.3. The molecule has 1 amide bonds. The lowest BCUT2D eigenvalue weighted by molar-refractivity contribution is -0.121. The number of aryl methyl sites for hydroxylation is 1. The minimum absolute atomic E-state index is 0. The van der Waals surface area contributed by atoms with Gasteiger partial charge in [0.2, 0.25) is 5.91 Å². The van der Waals surface area contributed by atoms with Crippen molar-refractivity contribution in [2.75, 3.05) is 6.54 Å². The van der Waals surface area contributed by atoms with E-state index in [1.807, 2.05) is 31.2 Å². The van der Waals surface area contributed by atoms with Gasteiger partial charge in [-0.15, -0.1) is 12.4 Å². The van der Waals surface area contributed by atoms with Gasteiger partial charge in [0.05, 0.1) is 6.10 Å². The van der Waals surface area contributed by atoms with Crippen molar-refractivity contribution >= 4 is 18.3 Å². The number of carbonyl (C=O) groups excluding carboxylic acids is 1. The summed E-state index contributed by atoms with van der Waals surface area (Å²) in [4.78, 5) is 11.3. The lowest BCUT2D eigenvalue weighted by Gasteiger charge is -2.13. The molecule has 2 atom stereocenters. The van der Waals surface area contributed by atoms with Gasteiger partial charge in [0.1, 0.15) is 0 Å². The van der Waals surface area contributed by atoms with E-state index in [1.54, 1.807) is 6.92 Å². The van der Waals surface area contributed by atoms with Gasteiger partial charge in [-0.3, -0.25) is 4.79 Å². The Morgan fingerprint density at radius 1 is 1.39 bits per heavy atom. The minimum atomic E-state index is -0.673. The third kappa shape index (κ3) is 6.00. The topological polar surface area (TPSA) is 75.3 Å². The van der Waals surface area contributed by atoms with Gasteiger partial charge in [-0.2, -0.15) is 0 Å². The van der Waals surface area contributed by atoms with Crippen molar-refractivity contribution in [3.63, 3.8) is 0 Å². The molecular weight excluding hydrogens is 252 g/mol. The van der Waals surface area contributed by atoms with E-state index in [1.165, 1.54) is 0 Å². The van der Waals surface area contributed by atoms with Gasteiger partial charge in [-0.1, -0.05) is 29.8 Å². The summed E-state index contributed by atoms with van der Waals surface area (Å²) < 4.78 is 0. The fraction of sp³-hybridized carbons (Fsp3) is 0.462. The van der Waals surface area contributed by atoms with Crippen molar-refractivity contribution in [2.24, 2.45) is 5.73 Å². The van der Waals surface area contributed by atoms with Gasteiger partial charge in [0.15, 0.2) is 0 Å². The van der Waals surface area contributed by atoms with Crippen LogP contribution in [-0.2, 0) is 4.79 Å². The second kappa shape index (κ2) is 8.08. The predicted molar refractivity (Wildman–Crippen MR) is 74.7 cm³/mol. The molecule has 1 aromatic rings. The molecule has 0 saturated carbocycles. The highest BCUT2D eigenvalue weighted by Gasteiger charge is 2.10. The van der Waals surface area contributed by atoms with E-state index in [0.29, 0.717) is 0 Å². The van der Waals surface area contributed by atoms with Crippen LogP contribution in [0.4, 0.5) is 0 Å². The average Bonchev–Trinajstić information content (AvgIpc) is 2.26. The van der Waals surface area contributed by atoms with Crippen LogP contribution in [0, 0.1) is 6.92 Å². The number of benzene rings is 1. The first-order valence-corrected chi connectivity index (χ1v) is 5.76. The first kappa shape index (κ1) is 16.9. The highest BCUT2D eigenvalue weighted by molar-refractivity contribution is 5.85. The molecule has 1 aromatic carbocycles. The van der Waals surface area contributed by atoms with Crippen molar-refractivity contribution in [1.82, 2.24) is 5.32 Å². The van der Waals surface area contributed by atoms with Crippen LogP contribution in [0.5, 0.6) is 0 Å². The Kier molecular flexibility index (Phi) is 7.59. The van der Waals surface area contributed by atoms with Crippen molar-refractivity contribution < 1.29 is 9.90 Å². The van der Waals surface area contributed by atoms with Gasteiger partial charge in [-0.05, 0) is 19.4 Å². The highest BCUT2D eigenvalue weighted by Crippen LogP contribution is 2.12. The molecule has 0 aliphatic carbocycles. The Balaban J connectivity index is 0.00000289. The number of nitrogens with one attached hydrogen (secondary N) is 1. The maximum Gasteiger partial charge on any atom is 0.221 e. The van der Waals surface area contributed by atoms with Crippen LogP contribution in [0.15, 0.2) is 24.3 Å². The van der Waals surface area contributed by atoms with Crippen LogP contribution in [0.3, 0.4) is 0 Å². The van der Waals surface area contributed by atoms with E-state index in [-0.39, 0.29) is 37.3 Å². The molecule has 4 nitrogen and oxygen atoms in total. The Morgan fingerprint density at radius 3 is 2.44 bits per heavy atom. The number of hydrogen-bond acceptors (Lipinski definition) is 3. The van der Waals surface area contributed by atoms with Crippen LogP contribution >= 0.6 is 12.4 Å². The van der Waals surface area contributed by atoms with Gasteiger partial charge >= 0.3 is 0 Å². The smallest absolute Gasteiger partial charge is 0.221 e. The zero-order valence-corrected chi connectivity index (χ0v) is 11.5. The molecule has 5 heteroatoms. The zero-order valence-electron chi connectivity index (χ0n) is 10.7. The molecule has 0 aliphatic heterocycles. The molecule has 0 aromatic heterocycles. The molecule has 0 spiro atoms. The van der Waals surface area contributed by atoms with Crippen molar-refractivity contribution in [3.8, 4) is 0 Å². The van der Waals surface area contributed by atoms with E-state index in [9.17, 15) is 9.90 Å². The molecule has 0 bridgehead atoms. The Bertz CT molecular complexity index is 366. The van der Waals surface area contributed by atoms with Crippen LogP contribution < -0.4 is 11.1 Å². The summed E-state index contributed by atoms with van der Waals surface area (Å²) in [7, 11) is 0. The zero-order chi connectivity index (χ0) is 12.8. The van der Waals surface area contributed by atoms with Gasteiger partial charge in [-0.25, -0.2) is 0 Å². The average molecular weight is 273 g/mol. The fourth-order valence-corrected chi connectivity index (χ4v) is 1.48. The number of carbonyl (C=O) groups is 1. The van der Waals surface area contributed by atoms with Crippen LogP contribution in [0.1, 0.15) is 30.6 Å². The predicted octanol–water partition coefficient (Wildman–Crippen LogP) is 1.30. The number of nitrogens with two attached hydrogens (primary N) is 1. The monoisotopic (exact) mass is 272 g/mol. The Hall–Kier alpha value is -1.10. The molecule has 0 heterocycles. The summed E-state index contributed by atoms with van der Waals surface area (Å²) in [5.41, 5.74) is 7.45. The number of aliphatic hydroxyl groups excluding tert-OH is 1. The van der Waals surface area contributed by atoms with Gasteiger partial charge in [0, 0.05) is 19.0 Å². The molecule has 4 N–H and O–H groups in total. The molecule has 18 heavy (non-hydrogen) atoms. The SMILES string of the molecule is Cc1ccc(C(O)CNC(=O)CC(C)N)cc1.Cl. The molecule has 0 aliphatic rings. The van der Waals surface area contributed by atoms with E-state index >= 15 is 0 Å². The second-order valence-corrected chi connectivity index (χ2v) is 4.41. The van der Waals surface area contributed by atoms with Crippen molar-refractivity contribution in [3.05, 3.63) is 35.4 Å². The van der Waals surface area contributed by atoms with Crippen LogP contribution in [-0.4, -0.2) is 23.6 Å². The molecule has 0 fully saturated rings. The van der Waals surface area contributed by atoms with Crippen LogP contribution in [0.25, 0.3) is 0 Å². The number of amides is 1. The molecular formula is C13H21ClN2O2. The number of halogens is 1. The van der Waals surface area contributed by atoms with E-state index in [0.717, 1.165) is 11.1 Å². The van der Waals surface area contributed by atoms with Crippen molar-refractivity contribution in [1.29, 1.82) is 0 Å². The second-order valence-electron chi connectivity index (χ2n) is 4.41. The fourth-order valence-electron chi connectivity index (χ4n) is 1.48. The molecule has 0 saturated heterocycles. The Labute approximate surface area is 114 Å². The van der Waals surface area contributed by atoms with Gasteiger partial charge in [0.25, 0.3) is 0 Å². The molecule has 2 unspecified atom stereocenters. The maximum atomic E-state index is 11.3. The van der Waals surface area contributed by atoms with E-state index < -0.39 is 6.10 Å². The quantitative estimate of drug-likeness (QED) is 0.756. The van der Waals surface area contributed by atoms with E-state index in [4.69, 9.17) is 5.73 Å². The number of rotatable bonds is 5. The summed E-state index contributed by atoms with van der Waals surface area (Å²) in [6, 6.07) is 7.42. The lowest BCUT2D eigenvalue weighted by Crippen LogP contribution is -2.32. The first-order chi connectivity index (χ1) is 7.99. The summed E-state index contributed by atoms with van der Waals surface area (Å²) in [5, 5.41) is 12.5. The normalized spacial score (nSPS) is 13.3. The molecule has 1 rings (SSSR count). The van der Waals surface area contributed by atoms with Crippen LogP contribution in [0.2, 0.25) is 0 Å². The third-order valence-corrected chi connectivity index (χ3v) is 2.46. The lowest BCUT2D eigenvalue weighted by atomic mass is 10.1.